The molecule has 11 heavy (non-hydrogen) atoms. The number of carbonyl (C=O) groups excluding carboxylic acids is 1. The summed E-state index contributed by atoms with van der Waals surface area (Å²) in [6.07, 6.45) is 3.29. The molecule has 58 valence electrons. The lowest BCUT2D eigenvalue weighted by molar-refractivity contribution is -0.109. The number of aromatic nitrogens is 1. The number of aliphatic hydroxyl groups is 1. The van der Waals surface area contributed by atoms with Crippen LogP contribution in [0.1, 0.15) is 18.1 Å². The van der Waals surface area contributed by atoms with E-state index in [2.05, 4.69) is 4.98 Å². The molecular weight excluding hydrogens is 142 g/mol. The fourth-order valence-corrected chi connectivity index (χ4v) is 0.800. The van der Waals surface area contributed by atoms with Gasteiger partial charge in [0.05, 0.1) is 6.10 Å². The molecule has 0 saturated heterocycles. The summed E-state index contributed by atoms with van der Waals surface area (Å²) in [6.45, 7) is 0. The number of pyridine rings is 1. The van der Waals surface area contributed by atoms with Crippen molar-refractivity contribution in [3.05, 3.63) is 30.1 Å². The van der Waals surface area contributed by atoms with Crippen molar-refractivity contribution >= 4 is 6.29 Å². The van der Waals surface area contributed by atoms with E-state index in [1.807, 2.05) is 0 Å². The van der Waals surface area contributed by atoms with Crippen LogP contribution < -0.4 is 0 Å². The van der Waals surface area contributed by atoms with Gasteiger partial charge in [0, 0.05) is 18.8 Å². The maximum absolute atomic E-state index is 10.0. The molecule has 0 fully saturated rings. The SMILES string of the molecule is O=CCC(O)c1cccnc1. The van der Waals surface area contributed by atoms with Crippen LogP contribution in [-0.2, 0) is 4.79 Å². The van der Waals surface area contributed by atoms with Crippen LogP contribution in [0, 0.1) is 0 Å². The molecule has 1 aromatic heterocycles. The Labute approximate surface area is 64.7 Å². The van der Waals surface area contributed by atoms with Gasteiger partial charge in [0.15, 0.2) is 0 Å². The molecule has 0 bridgehead atoms. The predicted molar refractivity (Wildman–Crippen MR) is 39.9 cm³/mol. The number of aliphatic hydroxyl groups excluding tert-OH is 1. The highest BCUT2D eigenvalue weighted by Crippen LogP contribution is 2.12. The minimum absolute atomic E-state index is 0.131. The van der Waals surface area contributed by atoms with Crippen LogP contribution in [0.3, 0.4) is 0 Å². The highest BCUT2D eigenvalue weighted by Gasteiger charge is 2.04. The molecule has 0 aliphatic rings. The standard InChI is InChI=1S/C8H9NO2/c10-5-3-8(11)7-2-1-4-9-6-7/h1-2,4-6,8,11H,3H2. The first-order valence-corrected chi connectivity index (χ1v) is 3.36. The molecule has 3 heteroatoms. The van der Waals surface area contributed by atoms with E-state index in [1.165, 1.54) is 0 Å². The van der Waals surface area contributed by atoms with Crippen LogP contribution in [0.25, 0.3) is 0 Å². The quantitative estimate of drug-likeness (QED) is 0.647. The highest BCUT2D eigenvalue weighted by molar-refractivity contribution is 5.50. The van der Waals surface area contributed by atoms with Crippen molar-refractivity contribution in [1.82, 2.24) is 4.98 Å². The Morgan fingerprint density at radius 3 is 3.09 bits per heavy atom. The number of nitrogens with zero attached hydrogens (tertiary/aromatic N) is 1. The lowest BCUT2D eigenvalue weighted by Crippen LogP contribution is -1.97. The van der Waals surface area contributed by atoms with Gasteiger partial charge < -0.3 is 9.90 Å². The average Bonchev–Trinajstić information content (AvgIpc) is 2.07. The molecule has 1 heterocycles. The van der Waals surface area contributed by atoms with Crippen molar-refractivity contribution in [3.8, 4) is 0 Å². The molecule has 1 N–H and O–H groups in total. The maximum Gasteiger partial charge on any atom is 0.122 e. The third-order valence-corrected chi connectivity index (χ3v) is 1.39. The molecule has 1 atom stereocenters. The van der Waals surface area contributed by atoms with Gasteiger partial charge in [-0.15, -0.1) is 0 Å². The van der Waals surface area contributed by atoms with E-state index in [1.54, 1.807) is 24.5 Å². The van der Waals surface area contributed by atoms with E-state index in [0.717, 1.165) is 0 Å². The maximum atomic E-state index is 10.0. The average molecular weight is 151 g/mol. The first kappa shape index (κ1) is 7.88. The van der Waals surface area contributed by atoms with Crippen LogP contribution in [0.4, 0.5) is 0 Å². The molecule has 0 radical (unpaired) electrons. The third-order valence-electron chi connectivity index (χ3n) is 1.39. The van der Waals surface area contributed by atoms with Gasteiger partial charge in [-0.2, -0.15) is 0 Å². The number of carbonyl (C=O) groups is 1. The van der Waals surface area contributed by atoms with Crippen molar-refractivity contribution in [2.75, 3.05) is 0 Å². The zero-order chi connectivity index (χ0) is 8.10. The Hall–Kier alpha value is -1.22. The van der Waals surface area contributed by atoms with E-state index >= 15 is 0 Å². The Morgan fingerprint density at radius 2 is 2.55 bits per heavy atom. The molecule has 0 aromatic carbocycles. The lowest BCUT2D eigenvalue weighted by atomic mass is 10.1. The Kier molecular flexibility index (Phi) is 2.74. The number of hydrogen-bond acceptors (Lipinski definition) is 3. The summed E-state index contributed by atoms with van der Waals surface area (Å²) >= 11 is 0. The van der Waals surface area contributed by atoms with Crippen molar-refractivity contribution in [3.63, 3.8) is 0 Å². The van der Waals surface area contributed by atoms with E-state index in [-0.39, 0.29) is 6.42 Å². The molecule has 0 saturated carbocycles. The van der Waals surface area contributed by atoms with Crippen molar-refractivity contribution in [1.29, 1.82) is 0 Å². The lowest BCUT2D eigenvalue weighted by Gasteiger charge is -2.04. The van der Waals surface area contributed by atoms with Gasteiger partial charge in [0.1, 0.15) is 6.29 Å². The predicted octanol–water partition coefficient (Wildman–Crippen LogP) is 0.704. The fraction of sp³-hybridized carbons (Fsp3) is 0.250. The van der Waals surface area contributed by atoms with E-state index in [0.29, 0.717) is 11.8 Å². The molecule has 0 amide bonds. The van der Waals surface area contributed by atoms with Crippen molar-refractivity contribution in [2.24, 2.45) is 0 Å². The fourth-order valence-electron chi connectivity index (χ4n) is 0.800. The molecule has 1 rings (SSSR count). The second-order valence-corrected chi connectivity index (χ2v) is 2.20. The van der Waals surface area contributed by atoms with Gasteiger partial charge in [-0.05, 0) is 11.6 Å². The van der Waals surface area contributed by atoms with Crippen LogP contribution in [-0.4, -0.2) is 16.4 Å². The normalized spacial score (nSPS) is 12.5. The van der Waals surface area contributed by atoms with Crippen LogP contribution in [0.5, 0.6) is 0 Å². The smallest absolute Gasteiger partial charge is 0.122 e. The summed E-state index contributed by atoms with van der Waals surface area (Å²) in [5.41, 5.74) is 0.680. The van der Waals surface area contributed by atoms with Gasteiger partial charge in [-0.3, -0.25) is 4.98 Å². The van der Waals surface area contributed by atoms with Gasteiger partial charge in [0.25, 0.3) is 0 Å². The largest absolute Gasteiger partial charge is 0.388 e. The minimum Gasteiger partial charge on any atom is -0.388 e. The Morgan fingerprint density at radius 1 is 1.73 bits per heavy atom. The summed E-state index contributed by atoms with van der Waals surface area (Å²) in [7, 11) is 0. The highest BCUT2D eigenvalue weighted by atomic mass is 16.3. The van der Waals surface area contributed by atoms with Crippen LogP contribution in [0.15, 0.2) is 24.5 Å². The molecule has 3 nitrogen and oxygen atoms in total. The third kappa shape index (κ3) is 2.13. The summed E-state index contributed by atoms with van der Waals surface area (Å²) < 4.78 is 0. The molecule has 0 aliphatic carbocycles. The summed E-state index contributed by atoms with van der Waals surface area (Å²) in [4.78, 5) is 13.8. The molecule has 1 unspecified atom stereocenters. The number of hydrogen-bond donors (Lipinski definition) is 1. The zero-order valence-electron chi connectivity index (χ0n) is 5.97. The van der Waals surface area contributed by atoms with Crippen LogP contribution in [0.2, 0.25) is 0 Å². The van der Waals surface area contributed by atoms with Crippen molar-refractivity contribution < 1.29 is 9.90 Å². The zero-order valence-corrected chi connectivity index (χ0v) is 5.97. The van der Waals surface area contributed by atoms with Gasteiger partial charge in [-0.25, -0.2) is 0 Å². The minimum atomic E-state index is -0.707. The van der Waals surface area contributed by atoms with Gasteiger partial charge in [0.2, 0.25) is 0 Å². The summed E-state index contributed by atoms with van der Waals surface area (Å²) in [5.74, 6) is 0. The number of rotatable bonds is 3. The molecule has 0 spiro atoms. The second kappa shape index (κ2) is 3.83. The van der Waals surface area contributed by atoms with Crippen LogP contribution >= 0.6 is 0 Å². The molecule has 0 aliphatic heterocycles. The van der Waals surface area contributed by atoms with E-state index < -0.39 is 6.10 Å². The van der Waals surface area contributed by atoms with E-state index in [4.69, 9.17) is 0 Å². The first-order chi connectivity index (χ1) is 5.34. The Balaban J connectivity index is 2.68. The van der Waals surface area contributed by atoms with Gasteiger partial charge in [-0.1, -0.05) is 6.07 Å². The topological polar surface area (TPSA) is 50.2 Å². The monoisotopic (exact) mass is 151 g/mol. The molecule has 1 aromatic rings. The summed E-state index contributed by atoms with van der Waals surface area (Å²) in [5, 5.41) is 9.25. The van der Waals surface area contributed by atoms with Gasteiger partial charge >= 0.3 is 0 Å². The van der Waals surface area contributed by atoms with Crippen molar-refractivity contribution in [2.45, 2.75) is 12.5 Å². The van der Waals surface area contributed by atoms with E-state index in [9.17, 15) is 9.90 Å². The second-order valence-electron chi connectivity index (χ2n) is 2.20. The molecular formula is C8H9NO2. The summed E-state index contributed by atoms with van der Waals surface area (Å²) in [6, 6.07) is 3.46. The number of aldehydes is 1. The first-order valence-electron chi connectivity index (χ1n) is 3.36. The Bertz CT molecular complexity index is 223.